The zero-order chi connectivity index (χ0) is 14.3. The molecule has 3 rings (SSSR count). The fourth-order valence-electron chi connectivity index (χ4n) is 2.12. The third kappa shape index (κ3) is 1.99. The Hall–Kier alpha value is -1.85. The Morgan fingerprint density at radius 1 is 1.15 bits per heavy atom. The van der Waals surface area contributed by atoms with Crippen molar-refractivity contribution in [3.8, 4) is 0 Å². The summed E-state index contributed by atoms with van der Waals surface area (Å²) < 4.78 is 26.2. The van der Waals surface area contributed by atoms with Crippen molar-refractivity contribution in [2.45, 2.75) is 11.8 Å². The van der Waals surface area contributed by atoms with Gasteiger partial charge in [0.05, 0.1) is 16.6 Å². The fraction of sp³-hybridized carbons (Fsp3) is 0.0714. The molecule has 0 atom stereocenters. The summed E-state index contributed by atoms with van der Waals surface area (Å²) in [4.78, 5) is 0.197. The zero-order valence-corrected chi connectivity index (χ0v) is 12.2. The monoisotopic (exact) mass is 306 g/mol. The maximum Gasteiger partial charge on any atom is 0.283 e. The maximum atomic E-state index is 12.6. The average molecular weight is 307 g/mol. The summed E-state index contributed by atoms with van der Waals surface area (Å²) in [5.74, 6) is 0. The topological polar surface area (TPSA) is 52.0 Å². The molecule has 0 aliphatic rings. The Morgan fingerprint density at radius 2 is 1.85 bits per heavy atom. The van der Waals surface area contributed by atoms with Crippen LogP contribution in [0.3, 0.4) is 0 Å². The van der Waals surface area contributed by atoms with Crippen molar-refractivity contribution in [2.24, 2.45) is 0 Å². The quantitative estimate of drug-likeness (QED) is 0.730. The van der Waals surface area contributed by atoms with E-state index in [1.165, 1.54) is 0 Å². The van der Waals surface area contributed by atoms with Gasteiger partial charge in [-0.15, -0.1) is 0 Å². The average Bonchev–Trinajstić information content (AvgIpc) is 2.84. The highest BCUT2D eigenvalue weighted by atomic mass is 35.5. The molecule has 0 aliphatic carbocycles. The minimum atomic E-state index is -3.71. The fourth-order valence-corrected chi connectivity index (χ4v) is 3.67. The van der Waals surface area contributed by atoms with Crippen molar-refractivity contribution < 1.29 is 8.42 Å². The van der Waals surface area contributed by atoms with Gasteiger partial charge < -0.3 is 0 Å². The molecule has 4 nitrogen and oxygen atoms in total. The van der Waals surface area contributed by atoms with Crippen molar-refractivity contribution in [2.75, 3.05) is 0 Å². The highest BCUT2D eigenvalue weighted by Gasteiger charge is 2.20. The number of nitrogens with zero attached hydrogens (tertiary/aromatic N) is 2. The minimum absolute atomic E-state index is 0.197. The zero-order valence-electron chi connectivity index (χ0n) is 10.6. The molecular weight excluding hydrogens is 296 g/mol. The van der Waals surface area contributed by atoms with Crippen LogP contribution in [0.1, 0.15) is 5.56 Å². The van der Waals surface area contributed by atoms with Crippen LogP contribution in [-0.2, 0) is 10.0 Å². The van der Waals surface area contributed by atoms with Gasteiger partial charge >= 0.3 is 0 Å². The van der Waals surface area contributed by atoms with Crippen LogP contribution in [0.4, 0.5) is 0 Å². The van der Waals surface area contributed by atoms with Crippen LogP contribution in [0.5, 0.6) is 0 Å². The molecule has 0 saturated heterocycles. The highest BCUT2D eigenvalue weighted by Crippen LogP contribution is 2.26. The van der Waals surface area contributed by atoms with Crippen LogP contribution in [0, 0.1) is 6.92 Å². The van der Waals surface area contributed by atoms with Crippen LogP contribution in [0.25, 0.3) is 10.9 Å². The van der Waals surface area contributed by atoms with Crippen molar-refractivity contribution >= 4 is 32.5 Å². The number of hydrogen-bond acceptors (Lipinski definition) is 3. The van der Waals surface area contributed by atoms with E-state index in [4.69, 9.17) is 11.6 Å². The number of hydrogen-bond donors (Lipinski definition) is 0. The Kier molecular flexibility index (Phi) is 3.03. The highest BCUT2D eigenvalue weighted by molar-refractivity contribution is 7.90. The molecular formula is C14H11ClN2O2S. The van der Waals surface area contributed by atoms with E-state index in [-0.39, 0.29) is 4.90 Å². The smallest absolute Gasteiger partial charge is 0.199 e. The lowest BCUT2D eigenvalue weighted by molar-refractivity contribution is 0.582. The molecule has 0 unspecified atom stereocenters. The van der Waals surface area contributed by atoms with E-state index in [1.807, 2.05) is 6.92 Å². The van der Waals surface area contributed by atoms with Gasteiger partial charge in [-0.1, -0.05) is 29.8 Å². The summed E-state index contributed by atoms with van der Waals surface area (Å²) in [5, 5.41) is 5.27. The van der Waals surface area contributed by atoms with Crippen LogP contribution in [-0.4, -0.2) is 17.6 Å². The van der Waals surface area contributed by atoms with Gasteiger partial charge in [0.15, 0.2) is 0 Å². The first-order valence-electron chi connectivity index (χ1n) is 5.94. The molecule has 0 N–H and O–H groups in total. The number of benzene rings is 2. The van der Waals surface area contributed by atoms with Crippen molar-refractivity contribution in [3.05, 3.63) is 59.2 Å². The molecule has 0 fully saturated rings. The second kappa shape index (κ2) is 4.61. The molecule has 6 heteroatoms. The van der Waals surface area contributed by atoms with Crippen LogP contribution in [0.15, 0.2) is 53.6 Å². The third-order valence-electron chi connectivity index (χ3n) is 3.10. The molecule has 1 aromatic heterocycles. The van der Waals surface area contributed by atoms with E-state index < -0.39 is 10.0 Å². The Balaban J connectivity index is 2.31. The SMILES string of the molecule is Cc1cc(Cl)cc2c1cnn2S(=O)(=O)c1ccccc1. The largest absolute Gasteiger partial charge is 0.283 e. The predicted molar refractivity (Wildman–Crippen MR) is 78.5 cm³/mol. The molecule has 0 spiro atoms. The molecule has 0 saturated carbocycles. The van der Waals surface area contributed by atoms with Gasteiger partial charge in [0.2, 0.25) is 0 Å². The summed E-state index contributed by atoms with van der Waals surface area (Å²) in [6.07, 6.45) is 1.54. The van der Waals surface area contributed by atoms with Crippen molar-refractivity contribution in [3.63, 3.8) is 0 Å². The van der Waals surface area contributed by atoms with E-state index in [1.54, 1.807) is 48.7 Å². The molecule has 3 aromatic rings. The molecule has 0 aliphatic heterocycles. The first-order valence-corrected chi connectivity index (χ1v) is 7.76. The van der Waals surface area contributed by atoms with E-state index in [0.29, 0.717) is 10.5 Å². The summed E-state index contributed by atoms with van der Waals surface area (Å²) in [7, 11) is -3.71. The summed E-state index contributed by atoms with van der Waals surface area (Å²) >= 11 is 6.01. The van der Waals surface area contributed by atoms with Gasteiger partial charge in [0, 0.05) is 10.4 Å². The maximum absolute atomic E-state index is 12.6. The summed E-state index contributed by atoms with van der Waals surface area (Å²) in [5.41, 5.74) is 1.38. The van der Waals surface area contributed by atoms with E-state index in [9.17, 15) is 8.42 Å². The van der Waals surface area contributed by atoms with Gasteiger partial charge in [-0.05, 0) is 36.8 Å². The first-order chi connectivity index (χ1) is 9.50. The predicted octanol–water partition coefficient (Wildman–Crippen LogP) is 3.24. The standard InChI is InChI=1S/C14H11ClN2O2S/c1-10-7-11(15)8-14-13(10)9-16-17(14)20(18,19)12-5-3-2-4-6-12/h2-9H,1H3. The van der Waals surface area contributed by atoms with E-state index in [2.05, 4.69) is 5.10 Å². The van der Waals surface area contributed by atoms with Gasteiger partial charge in [0.25, 0.3) is 10.0 Å². The summed E-state index contributed by atoms with van der Waals surface area (Å²) in [6.45, 7) is 1.87. The van der Waals surface area contributed by atoms with Crippen LogP contribution >= 0.6 is 11.6 Å². The molecule has 1 heterocycles. The van der Waals surface area contributed by atoms with Crippen molar-refractivity contribution in [1.29, 1.82) is 0 Å². The number of aryl methyl sites for hydroxylation is 1. The number of fused-ring (bicyclic) bond motifs is 1. The minimum Gasteiger partial charge on any atom is -0.199 e. The molecule has 0 amide bonds. The normalized spacial score (nSPS) is 11.9. The second-order valence-corrected chi connectivity index (χ2v) is 6.66. The van der Waals surface area contributed by atoms with Gasteiger partial charge in [-0.3, -0.25) is 0 Å². The van der Waals surface area contributed by atoms with Gasteiger partial charge in [0.1, 0.15) is 0 Å². The second-order valence-electron chi connectivity index (χ2n) is 4.46. The molecule has 102 valence electrons. The lowest BCUT2D eigenvalue weighted by atomic mass is 10.1. The van der Waals surface area contributed by atoms with E-state index in [0.717, 1.165) is 15.0 Å². The Bertz CT molecular complexity index is 886. The van der Waals surface area contributed by atoms with Gasteiger partial charge in [-0.25, -0.2) is 0 Å². The third-order valence-corrected chi connectivity index (χ3v) is 4.93. The molecule has 2 aromatic carbocycles. The number of rotatable bonds is 2. The Morgan fingerprint density at radius 3 is 2.55 bits per heavy atom. The number of halogens is 1. The Labute approximate surface area is 121 Å². The van der Waals surface area contributed by atoms with Crippen molar-refractivity contribution in [1.82, 2.24) is 9.19 Å². The number of aromatic nitrogens is 2. The summed E-state index contributed by atoms with van der Waals surface area (Å²) in [6, 6.07) is 11.6. The molecule has 20 heavy (non-hydrogen) atoms. The van der Waals surface area contributed by atoms with Crippen LogP contribution < -0.4 is 0 Å². The van der Waals surface area contributed by atoms with Gasteiger partial charge in [-0.2, -0.15) is 17.6 Å². The van der Waals surface area contributed by atoms with E-state index >= 15 is 0 Å². The first kappa shape index (κ1) is 13.1. The molecule has 0 radical (unpaired) electrons. The molecule has 0 bridgehead atoms. The van der Waals surface area contributed by atoms with Crippen LogP contribution in [0.2, 0.25) is 5.02 Å². The lowest BCUT2D eigenvalue weighted by Gasteiger charge is -2.06. The lowest BCUT2D eigenvalue weighted by Crippen LogP contribution is -2.14.